The van der Waals surface area contributed by atoms with E-state index < -0.39 is 4.92 Å². The van der Waals surface area contributed by atoms with Gasteiger partial charge in [0.15, 0.2) is 0 Å². The molecule has 0 bridgehead atoms. The van der Waals surface area contributed by atoms with Crippen molar-refractivity contribution >= 4 is 17.5 Å². The van der Waals surface area contributed by atoms with Gasteiger partial charge in [0.1, 0.15) is 18.3 Å². The number of hydrogen-bond donors (Lipinski definition) is 0. The molecule has 0 atom stereocenters. The van der Waals surface area contributed by atoms with Crippen molar-refractivity contribution < 1.29 is 14.5 Å². The van der Waals surface area contributed by atoms with Gasteiger partial charge in [-0.05, 0) is 12.1 Å². The summed E-state index contributed by atoms with van der Waals surface area (Å²) in [4.78, 5) is 42.8. The molecule has 1 aliphatic rings. The van der Waals surface area contributed by atoms with Gasteiger partial charge in [-0.3, -0.25) is 19.7 Å². The Kier molecular flexibility index (Phi) is 5.15. The maximum absolute atomic E-state index is 12.7. The minimum Gasteiger partial charge on any atom is -0.339 e. The van der Waals surface area contributed by atoms with Crippen LogP contribution in [0.25, 0.3) is 5.69 Å². The number of amides is 2. The van der Waals surface area contributed by atoms with Gasteiger partial charge in [0.25, 0.3) is 11.6 Å². The Balaban J connectivity index is 1.77. The van der Waals surface area contributed by atoms with E-state index >= 15 is 0 Å². The second-order valence-electron chi connectivity index (χ2n) is 6.57. The molecule has 0 spiro atoms. The Bertz CT molecular complexity index is 856. The fraction of sp³-hybridized carbons (Fsp3) is 0.412. The van der Waals surface area contributed by atoms with Crippen LogP contribution in [0.15, 0.2) is 30.9 Å². The second-order valence-corrected chi connectivity index (χ2v) is 6.57. The zero-order valence-electron chi connectivity index (χ0n) is 15.1. The number of carbonyl (C=O) groups excluding carboxylic acids is 2. The number of carbonyl (C=O) groups is 2. The summed E-state index contributed by atoms with van der Waals surface area (Å²) in [5.74, 6) is -0.311. The predicted molar refractivity (Wildman–Crippen MR) is 95.3 cm³/mol. The Morgan fingerprint density at radius 3 is 2.37 bits per heavy atom. The van der Waals surface area contributed by atoms with Crippen LogP contribution >= 0.6 is 0 Å². The number of nitrogens with zero attached hydrogens (tertiary/aromatic N) is 6. The van der Waals surface area contributed by atoms with Crippen molar-refractivity contribution in [3.63, 3.8) is 0 Å². The van der Waals surface area contributed by atoms with Crippen molar-refractivity contribution in [3.05, 3.63) is 46.5 Å². The van der Waals surface area contributed by atoms with E-state index in [9.17, 15) is 19.7 Å². The van der Waals surface area contributed by atoms with Crippen LogP contribution in [0.3, 0.4) is 0 Å². The molecule has 1 fully saturated rings. The summed E-state index contributed by atoms with van der Waals surface area (Å²) in [6, 6.07) is 4.28. The molecule has 0 aliphatic carbocycles. The van der Waals surface area contributed by atoms with Gasteiger partial charge in [-0.15, -0.1) is 0 Å². The largest absolute Gasteiger partial charge is 0.339 e. The number of benzene rings is 1. The summed E-state index contributed by atoms with van der Waals surface area (Å²) >= 11 is 0. The SMILES string of the molecule is CC(C)C(=O)N1CCN(C(=O)c2ccc(-n3cncn3)c([N+](=O)[O-])c2)CC1. The highest BCUT2D eigenvalue weighted by Crippen LogP contribution is 2.24. The lowest BCUT2D eigenvalue weighted by Crippen LogP contribution is -2.51. The normalized spacial score (nSPS) is 14.5. The molecule has 2 heterocycles. The average molecular weight is 372 g/mol. The van der Waals surface area contributed by atoms with Crippen molar-refractivity contribution in [2.75, 3.05) is 26.2 Å². The van der Waals surface area contributed by atoms with Crippen molar-refractivity contribution in [1.82, 2.24) is 24.6 Å². The number of hydrogen-bond acceptors (Lipinski definition) is 6. The molecular formula is C17H20N6O4. The first kappa shape index (κ1) is 18.5. The minimum atomic E-state index is -0.549. The molecule has 0 saturated carbocycles. The third-order valence-electron chi connectivity index (χ3n) is 4.46. The Morgan fingerprint density at radius 2 is 1.81 bits per heavy atom. The average Bonchev–Trinajstić information content (AvgIpc) is 3.21. The Labute approximate surface area is 155 Å². The molecule has 1 saturated heterocycles. The molecule has 2 aromatic rings. The van der Waals surface area contributed by atoms with Gasteiger partial charge in [0.2, 0.25) is 5.91 Å². The lowest BCUT2D eigenvalue weighted by Gasteiger charge is -2.35. The molecular weight excluding hydrogens is 352 g/mol. The van der Waals surface area contributed by atoms with E-state index in [0.717, 1.165) is 0 Å². The summed E-state index contributed by atoms with van der Waals surface area (Å²) in [5.41, 5.74) is 0.246. The van der Waals surface area contributed by atoms with Gasteiger partial charge in [-0.2, -0.15) is 5.10 Å². The Hall–Kier alpha value is -3.30. The van der Waals surface area contributed by atoms with Crippen LogP contribution in [-0.4, -0.2) is 67.5 Å². The van der Waals surface area contributed by atoms with E-state index in [2.05, 4.69) is 10.1 Å². The molecule has 27 heavy (non-hydrogen) atoms. The van der Waals surface area contributed by atoms with Crippen molar-refractivity contribution in [1.29, 1.82) is 0 Å². The summed E-state index contributed by atoms with van der Waals surface area (Å²) in [5, 5.41) is 15.3. The Morgan fingerprint density at radius 1 is 1.15 bits per heavy atom. The molecule has 1 aromatic carbocycles. The fourth-order valence-corrected chi connectivity index (χ4v) is 3.01. The monoisotopic (exact) mass is 372 g/mol. The smallest absolute Gasteiger partial charge is 0.295 e. The number of rotatable bonds is 4. The third kappa shape index (κ3) is 3.78. The van der Waals surface area contributed by atoms with Crippen LogP contribution in [0.1, 0.15) is 24.2 Å². The van der Waals surface area contributed by atoms with E-state index in [4.69, 9.17) is 0 Å². The fourth-order valence-electron chi connectivity index (χ4n) is 3.01. The first-order valence-electron chi connectivity index (χ1n) is 8.60. The highest BCUT2D eigenvalue weighted by Gasteiger charge is 2.27. The zero-order valence-corrected chi connectivity index (χ0v) is 15.1. The van der Waals surface area contributed by atoms with E-state index in [-0.39, 0.29) is 34.7 Å². The lowest BCUT2D eigenvalue weighted by atomic mass is 10.1. The van der Waals surface area contributed by atoms with Crippen LogP contribution < -0.4 is 0 Å². The standard InChI is InChI=1S/C17H20N6O4/c1-12(2)16(24)20-5-7-21(8-6-20)17(25)13-3-4-14(15(9-13)23(26)27)22-11-18-10-19-22/h3-4,9-12H,5-8H2,1-2H3. The maximum atomic E-state index is 12.7. The molecule has 2 amide bonds. The summed E-state index contributed by atoms with van der Waals surface area (Å²) < 4.78 is 1.28. The minimum absolute atomic E-state index is 0.0647. The van der Waals surface area contributed by atoms with Crippen LogP contribution in [0, 0.1) is 16.0 Å². The first-order chi connectivity index (χ1) is 12.9. The molecule has 0 N–H and O–H groups in total. The molecule has 10 heteroatoms. The molecule has 3 rings (SSSR count). The molecule has 142 valence electrons. The highest BCUT2D eigenvalue weighted by atomic mass is 16.6. The van der Waals surface area contributed by atoms with Gasteiger partial charge in [0.05, 0.1) is 4.92 Å². The van der Waals surface area contributed by atoms with E-state index in [1.165, 1.54) is 35.5 Å². The quantitative estimate of drug-likeness (QED) is 0.587. The van der Waals surface area contributed by atoms with Gasteiger partial charge < -0.3 is 9.80 Å². The van der Waals surface area contributed by atoms with Crippen molar-refractivity contribution in [2.45, 2.75) is 13.8 Å². The summed E-state index contributed by atoms with van der Waals surface area (Å²) in [7, 11) is 0. The number of nitro groups is 1. The lowest BCUT2D eigenvalue weighted by molar-refractivity contribution is -0.384. The predicted octanol–water partition coefficient (Wildman–Crippen LogP) is 1.12. The first-order valence-corrected chi connectivity index (χ1v) is 8.60. The van der Waals surface area contributed by atoms with Gasteiger partial charge in [-0.1, -0.05) is 13.8 Å². The molecule has 10 nitrogen and oxygen atoms in total. The van der Waals surface area contributed by atoms with Gasteiger partial charge in [0, 0.05) is 43.7 Å². The van der Waals surface area contributed by atoms with Crippen LogP contribution in [-0.2, 0) is 4.79 Å². The van der Waals surface area contributed by atoms with Gasteiger partial charge in [-0.25, -0.2) is 9.67 Å². The molecule has 1 aromatic heterocycles. The molecule has 0 unspecified atom stereocenters. The molecule has 1 aliphatic heterocycles. The van der Waals surface area contributed by atoms with E-state index in [0.29, 0.717) is 26.2 Å². The van der Waals surface area contributed by atoms with E-state index in [1.54, 1.807) is 9.80 Å². The van der Waals surface area contributed by atoms with Crippen LogP contribution in [0.2, 0.25) is 0 Å². The van der Waals surface area contributed by atoms with Crippen molar-refractivity contribution in [3.8, 4) is 5.69 Å². The summed E-state index contributed by atoms with van der Waals surface area (Å²) in [6.07, 6.45) is 2.63. The van der Waals surface area contributed by atoms with Crippen LogP contribution in [0.5, 0.6) is 0 Å². The number of aromatic nitrogens is 3. The van der Waals surface area contributed by atoms with Crippen LogP contribution in [0.4, 0.5) is 5.69 Å². The second kappa shape index (κ2) is 7.52. The number of piperazine rings is 1. The number of nitro benzene ring substituents is 1. The molecule has 0 radical (unpaired) electrons. The topological polar surface area (TPSA) is 114 Å². The van der Waals surface area contributed by atoms with E-state index in [1.807, 2.05) is 13.8 Å². The zero-order chi connectivity index (χ0) is 19.6. The highest BCUT2D eigenvalue weighted by molar-refractivity contribution is 5.95. The van der Waals surface area contributed by atoms with Gasteiger partial charge >= 0.3 is 0 Å². The maximum Gasteiger partial charge on any atom is 0.295 e. The third-order valence-corrected chi connectivity index (χ3v) is 4.46. The summed E-state index contributed by atoms with van der Waals surface area (Å²) in [6.45, 7) is 5.40. The van der Waals surface area contributed by atoms with Crippen molar-refractivity contribution in [2.24, 2.45) is 5.92 Å².